The average Bonchev–Trinajstić information content (AvgIpc) is 2.96. The summed E-state index contributed by atoms with van der Waals surface area (Å²) < 4.78 is 9.67. The average molecular weight is 313 g/mol. The van der Waals surface area contributed by atoms with Gasteiger partial charge in [-0.2, -0.15) is 5.10 Å². The Morgan fingerprint density at radius 1 is 1.29 bits per heavy atom. The van der Waals surface area contributed by atoms with Crippen LogP contribution in [0.2, 0.25) is 0 Å². The summed E-state index contributed by atoms with van der Waals surface area (Å²) in [6, 6.07) is 0.177. The highest BCUT2D eigenvalue weighted by Gasteiger charge is 2.24. The van der Waals surface area contributed by atoms with E-state index < -0.39 is 0 Å². The fourth-order valence-electron chi connectivity index (χ4n) is 2.70. The van der Waals surface area contributed by atoms with E-state index in [2.05, 4.69) is 23.5 Å². The number of imidazole rings is 1. The molecule has 0 aliphatic heterocycles. The van der Waals surface area contributed by atoms with Crippen molar-refractivity contribution in [2.45, 2.75) is 52.0 Å². The van der Waals surface area contributed by atoms with E-state index in [0.29, 0.717) is 13.2 Å². The van der Waals surface area contributed by atoms with Crippen molar-refractivity contribution < 1.29 is 4.74 Å². The molecule has 118 valence electrons. The number of alkyl halides is 1. The predicted molar refractivity (Wildman–Crippen MR) is 86.0 cm³/mol. The van der Waals surface area contributed by atoms with E-state index in [0.717, 1.165) is 35.5 Å². The van der Waals surface area contributed by atoms with Gasteiger partial charge in [-0.05, 0) is 27.2 Å². The predicted octanol–water partition coefficient (Wildman–Crippen LogP) is 3.62. The highest BCUT2D eigenvalue weighted by Crippen LogP contribution is 2.30. The number of nitrogens with zero attached hydrogens (tertiary/aromatic N) is 4. The lowest BCUT2D eigenvalue weighted by Gasteiger charge is -2.18. The zero-order valence-electron chi connectivity index (χ0n) is 13.6. The van der Waals surface area contributed by atoms with E-state index in [1.807, 2.05) is 25.6 Å². The summed E-state index contributed by atoms with van der Waals surface area (Å²) in [5.41, 5.74) is 3.06. The van der Waals surface area contributed by atoms with Gasteiger partial charge in [-0.3, -0.25) is 4.68 Å². The number of hydrogen-bond donors (Lipinski definition) is 0. The van der Waals surface area contributed by atoms with Crippen molar-refractivity contribution in [2.24, 2.45) is 7.05 Å². The molecule has 0 aliphatic carbocycles. The Labute approximate surface area is 131 Å². The standard InChI is InChI=1S/C15H25ClN4O/c1-6-8-12-13-15(19(5)18-12)20(10(3)9-21-7-2)14(17-13)11(4)16/h10-11H,6-9H2,1-5H3. The number of aryl methyl sites for hydroxylation is 2. The Hall–Kier alpha value is -1.07. The van der Waals surface area contributed by atoms with Crippen LogP contribution >= 0.6 is 11.6 Å². The summed E-state index contributed by atoms with van der Waals surface area (Å²) in [5, 5.41) is 4.47. The van der Waals surface area contributed by atoms with Crippen LogP contribution in [0.4, 0.5) is 0 Å². The molecule has 0 bridgehead atoms. The molecular formula is C15H25ClN4O. The Bertz CT molecular complexity index is 602. The zero-order chi connectivity index (χ0) is 15.6. The van der Waals surface area contributed by atoms with Gasteiger partial charge in [-0.25, -0.2) is 4.98 Å². The third kappa shape index (κ3) is 3.09. The number of fused-ring (bicyclic) bond motifs is 1. The number of ether oxygens (including phenoxy) is 1. The van der Waals surface area contributed by atoms with Gasteiger partial charge in [0.25, 0.3) is 0 Å². The van der Waals surface area contributed by atoms with Crippen LogP contribution < -0.4 is 0 Å². The van der Waals surface area contributed by atoms with Crippen molar-refractivity contribution in [3.8, 4) is 0 Å². The molecule has 0 amide bonds. The van der Waals surface area contributed by atoms with Crippen LogP contribution in [0.1, 0.15) is 57.1 Å². The number of hydrogen-bond acceptors (Lipinski definition) is 3. The second-order valence-electron chi connectivity index (χ2n) is 5.46. The minimum absolute atomic E-state index is 0.143. The van der Waals surface area contributed by atoms with Crippen molar-refractivity contribution in [1.29, 1.82) is 0 Å². The monoisotopic (exact) mass is 312 g/mol. The number of aromatic nitrogens is 4. The third-order valence-electron chi connectivity index (χ3n) is 3.61. The maximum absolute atomic E-state index is 6.34. The van der Waals surface area contributed by atoms with Gasteiger partial charge in [-0.15, -0.1) is 11.6 Å². The topological polar surface area (TPSA) is 44.9 Å². The summed E-state index contributed by atoms with van der Waals surface area (Å²) in [6.07, 6.45) is 1.99. The normalized spacial score (nSPS) is 14.8. The molecule has 0 saturated carbocycles. The molecule has 0 saturated heterocycles. The molecule has 21 heavy (non-hydrogen) atoms. The first-order valence-corrected chi connectivity index (χ1v) is 8.10. The lowest BCUT2D eigenvalue weighted by atomic mass is 10.2. The molecule has 0 fully saturated rings. The van der Waals surface area contributed by atoms with Crippen LogP contribution in [0.5, 0.6) is 0 Å². The molecule has 2 atom stereocenters. The van der Waals surface area contributed by atoms with Crippen molar-refractivity contribution >= 4 is 22.8 Å². The summed E-state index contributed by atoms with van der Waals surface area (Å²) in [4.78, 5) is 4.77. The third-order valence-corrected chi connectivity index (χ3v) is 3.81. The highest BCUT2D eigenvalue weighted by atomic mass is 35.5. The van der Waals surface area contributed by atoms with Gasteiger partial charge in [0.05, 0.1) is 23.7 Å². The van der Waals surface area contributed by atoms with Gasteiger partial charge >= 0.3 is 0 Å². The van der Waals surface area contributed by atoms with Gasteiger partial charge in [0, 0.05) is 13.7 Å². The van der Waals surface area contributed by atoms with E-state index in [1.54, 1.807) is 0 Å². The molecule has 0 aromatic carbocycles. The fourth-order valence-corrected chi connectivity index (χ4v) is 2.86. The summed E-state index contributed by atoms with van der Waals surface area (Å²) in [5.74, 6) is 0.893. The quantitative estimate of drug-likeness (QED) is 0.733. The Morgan fingerprint density at radius 2 is 2.00 bits per heavy atom. The SMILES string of the molecule is CCCc1nn(C)c2c1nc(C(C)Cl)n2C(C)COCC. The molecule has 2 unspecified atom stereocenters. The lowest BCUT2D eigenvalue weighted by molar-refractivity contribution is 0.119. The molecule has 2 heterocycles. The molecule has 0 N–H and O–H groups in total. The van der Waals surface area contributed by atoms with Crippen LogP contribution in [0.15, 0.2) is 0 Å². The van der Waals surface area contributed by atoms with Crippen LogP contribution in [-0.2, 0) is 18.2 Å². The Kier molecular flexibility index (Phi) is 5.27. The van der Waals surface area contributed by atoms with E-state index in [1.165, 1.54) is 0 Å². The molecule has 0 spiro atoms. The van der Waals surface area contributed by atoms with Gasteiger partial charge in [0.2, 0.25) is 0 Å². The van der Waals surface area contributed by atoms with Gasteiger partial charge in [-0.1, -0.05) is 13.3 Å². The van der Waals surface area contributed by atoms with E-state index in [4.69, 9.17) is 21.3 Å². The van der Waals surface area contributed by atoms with E-state index in [9.17, 15) is 0 Å². The lowest BCUT2D eigenvalue weighted by Crippen LogP contribution is -2.17. The smallest absolute Gasteiger partial charge is 0.159 e. The van der Waals surface area contributed by atoms with E-state index >= 15 is 0 Å². The van der Waals surface area contributed by atoms with Crippen LogP contribution in [0, 0.1) is 0 Å². The first-order valence-electron chi connectivity index (χ1n) is 7.66. The first kappa shape index (κ1) is 16.3. The first-order chi connectivity index (χ1) is 10.0. The maximum atomic E-state index is 6.34. The second-order valence-corrected chi connectivity index (χ2v) is 6.11. The second kappa shape index (κ2) is 6.79. The molecule has 2 aromatic heterocycles. The van der Waals surface area contributed by atoms with Crippen molar-refractivity contribution in [1.82, 2.24) is 19.3 Å². The Balaban J connectivity index is 2.56. The summed E-state index contributed by atoms with van der Waals surface area (Å²) in [7, 11) is 1.97. The molecule has 6 heteroatoms. The summed E-state index contributed by atoms with van der Waals surface area (Å²) in [6.45, 7) is 9.60. The number of rotatable bonds is 7. The van der Waals surface area contributed by atoms with Crippen LogP contribution in [-0.4, -0.2) is 32.5 Å². The van der Waals surface area contributed by atoms with Crippen molar-refractivity contribution in [2.75, 3.05) is 13.2 Å². The zero-order valence-corrected chi connectivity index (χ0v) is 14.3. The van der Waals surface area contributed by atoms with Crippen LogP contribution in [0.3, 0.4) is 0 Å². The fraction of sp³-hybridized carbons (Fsp3) is 0.733. The van der Waals surface area contributed by atoms with Crippen LogP contribution in [0.25, 0.3) is 11.2 Å². The molecule has 0 aliphatic rings. The minimum atomic E-state index is -0.143. The summed E-state index contributed by atoms with van der Waals surface area (Å²) >= 11 is 6.34. The molecular weight excluding hydrogens is 288 g/mol. The van der Waals surface area contributed by atoms with Crippen molar-refractivity contribution in [3.05, 3.63) is 11.5 Å². The van der Waals surface area contributed by atoms with Gasteiger partial charge in [0.1, 0.15) is 11.3 Å². The highest BCUT2D eigenvalue weighted by molar-refractivity contribution is 6.20. The number of halogens is 1. The molecule has 2 aromatic rings. The molecule has 5 nitrogen and oxygen atoms in total. The Morgan fingerprint density at radius 3 is 2.57 bits per heavy atom. The van der Waals surface area contributed by atoms with Gasteiger partial charge < -0.3 is 9.30 Å². The van der Waals surface area contributed by atoms with Gasteiger partial charge in [0.15, 0.2) is 5.65 Å². The van der Waals surface area contributed by atoms with Crippen molar-refractivity contribution in [3.63, 3.8) is 0 Å². The largest absolute Gasteiger partial charge is 0.380 e. The molecule has 2 rings (SSSR count). The molecule has 0 radical (unpaired) electrons. The van der Waals surface area contributed by atoms with E-state index in [-0.39, 0.29) is 11.4 Å². The minimum Gasteiger partial charge on any atom is -0.380 e. The maximum Gasteiger partial charge on any atom is 0.159 e.